The molecule has 0 fully saturated rings. The Kier molecular flexibility index (Phi) is 3.37. The van der Waals surface area contributed by atoms with Crippen LogP contribution in [0.2, 0.25) is 0 Å². The van der Waals surface area contributed by atoms with Gasteiger partial charge in [0.2, 0.25) is 5.91 Å². The van der Waals surface area contributed by atoms with Gasteiger partial charge in [0, 0.05) is 13.5 Å². The van der Waals surface area contributed by atoms with Crippen molar-refractivity contribution < 1.29 is 9.72 Å². The van der Waals surface area contributed by atoms with Gasteiger partial charge >= 0.3 is 5.82 Å². The van der Waals surface area contributed by atoms with E-state index in [0.717, 1.165) is 0 Å². The Morgan fingerprint density at radius 2 is 2.40 bits per heavy atom. The molecule has 1 amide bonds. The molecule has 7 heteroatoms. The van der Waals surface area contributed by atoms with Crippen molar-refractivity contribution in [1.82, 2.24) is 15.1 Å². The second-order valence-corrected chi connectivity index (χ2v) is 3.11. The maximum Gasteiger partial charge on any atom is 0.390 e. The van der Waals surface area contributed by atoms with Crippen molar-refractivity contribution >= 4 is 11.7 Å². The summed E-state index contributed by atoms with van der Waals surface area (Å²) in [5.74, 6) is -0.301. The fraction of sp³-hybridized carbons (Fsp3) is 0.500. The average Bonchev–Trinajstić information content (AvgIpc) is 2.47. The third-order valence-electron chi connectivity index (χ3n) is 1.85. The molecule has 82 valence electrons. The number of hydrogen-bond donors (Lipinski definition) is 1. The predicted octanol–water partition coefficient (Wildman–Crippen LogP) is 0.236. The Hall–Kier alpha value is -1.92. The van der Waals surface area contributed by atoms with Crippen LogP contribution in [0.5, 0.6) is 0 Å². The van der Waals surface area contributed by atoms with Gasteiger partial charge in [0.25, 0.3) is 0 Å². The largest absolute Gasteiger partial charge is 0.390 e. The van der Waals surface area contributed by atoms with E-state index in [1.54, 1.807) is 6.92 Å². The van der Waals surface area contributed by atoms with Crippen LogP contribution in [0.15, 0.2) is 6.07 Å². The first-order valence-corrected chi connectivity index (χ1v) is 4.44. The lowest BCUT2D eigenvalue weighted by Gasteiger charge is -2.00. The van der Waals surface area contributed by atoms with Gasteiger partial charge in [-0.05, 0) is 11.8 Å². The summed E-state index contributed by atoms with van der Waals surface area (Å²) in [7, 11) is 0. The summed E-state index contributed by atoms with van der Waals surface area (Å²) < 4.78 is 1.49. The second-order valence-electron chi connectivity index (χ2n) is 3.11. The first kappa shape index (κ1) is 11.2. The summed E-state index contributed by atoms with van der Waals surface area (Å²) in [6, 6.07) is 1.40. The molecule has 1 N–H and O–H groups in total. The lowest BCUT2D eigenvalue weighted by Crippen LogP contribution is -2.25. The van der Waals surface area contributed by atoms with Crippen LogP contribution in [0.1, 0.15) is 12.6 Å². The third kappa shape index (κ3) is 3.04. The van der Waals surface area contributed by atoms with Gasteiger partial charge in [-0.1, -0.05) is 0 Å². The van der Waals surface area contributed by atoms with Crippen LogP contribution in [-0.4, -0.2) is 27.2 Å². The highest BCUT2D eigenvalue weighted by molar-refractivity contribution is 5.72. The Bertz CT molecular complexity index is 385. The first-order valence-electron chi connectivity index (χ1n) is 4.44. The van der Waals surface area contributed by atoms with Crippen LogP contribution in [0, 0.1) is 17.0 Å². The van der Waals surface area contributed by atoms with Crippen molar-refractivity contribution in [3.63, 3.8) is 0 Å². The van der Waals surface area contributed by atoms with E-state index < -0.39 is 4.92 Å². The van der Waals surface area contributed by atoms with E-state index in [2.05, 4.69) is 10.4 Å². The van der Waals surface area contributed by atoms with Crippen molar-refractivity contribution in [3.05, 3.63) is 21.9 Å². The molecule has 7 nitrogen and oxygen atoms in total. The summed E-state index contributed by atoms with van der Waals surface area (Å²) in [4.78, 5) is 20.5. The number of hydrogen-bond acceptors (Lipinski definition) is 4. The third-order valence-corrected chi connectivity index (χ3v) is 1.85. The van der Waals surface area contributed by atoms with Gasteiger partial charge in [0.15, 0.2) is 0 Å². The van der Waals surface area contributed by atoms with Crippen LogP contribution in [0.4, 0.5) is 5.82 Å². The monoisotopic (exact) mass is 212 g/mol. The maximum atomic E-state index is 10.6. The normalized spacial score (nSPS) is 10.0. The van der Waals surface area contributed by atoms with Crippen molar-refractivity contribution in [3.8, 4) is 0 Å². The Morgan fingerprint density at radius 3 is 2.87 bits per heavy atom. The Morgan fingerprint density at radius 1 is 1.73 bits per heavy atom. The summed E-state index contributed by atoms with van der Waals surface area (Å²) in [6.07, 6.45) is 0. The zero-order chi connectivity index (χ0) is 11.4. The minimum atomic E-state index is -0.540. The predicted molar refractivity (Wildman–Crippen MR) is 52.3 cm³/mol. The average molecular weight is 212 g/mol. The minimum Gasteiger partial charge on any atom is -0.358 e. The zero-order valence-electron chi connectivity index (χ0n) is 8.56. The van der Waals surface area contributed by atoms with E-state index >= 15 is 0 Å². The molecule has 15 heavy (non-hydrogen) atoms. The fourth-order valence-corrected chi connectivity index (χ4v) is 1.15. The van der Waals surface area contributed by atoms with E-state index in [1.165, 1.54) is 17.7 Å². The van der Waals surface area contributed by atoms with Crippen LogP contribution in [0.25, 0.3) is 0 Å². The number of aryl methyl sites for hydroxylation is 1. The molecular weight excluding hydrogens is 200 g/mol. The van der Waals surface area contributed by atoms with Crippen LogP contribution >= 0.6 is 0 Å². The molecule has 0 unspecified atom stereocenters. The summed E-state index contributed by atoms with van der Waals surface area (Å²) in [5, 5.41) is 16.8. The van der Waals surface area contributed by atoms with Gasteiger partial charge in [-0.25, -0.2) is 0 Å². The quantitative estimate of drug-likeness (QED) is 0.571. The van der Waals surface area contributed by atoms with Crippen LogP contribution in [-0.2, 0) is 11.3 Å². The highest BCUT2D eigenvalue weighted by Gasteiger charge is 2.14. The first-order chi connectivity index (χ1) is 7.00. The number of nitrogens with zero attached hydrogens (tertiary/aromatic N) is 3. The second kappa shape index (κ2) is 4.54. The smallest absolute Gasteiger partial charge is 0.358 e. The molecule has 0 aromatic carbocycles. The maximum absolute atomic E-state index is 10.6. The van der Waals surface area contributed by atoms with Crippen molar-refractivity contribution in [2.24, 2.45) is 0 Å². The van der Waals surface area contributed by atoms with Crippen LogP contribution in [0.3, 0.4) is 0 Å². The molecule has 0 saturated carbocycles. The lowest BCUT2D eigenvalue weighted by molar-refractivity contribution is -0.389. The molecule has 0 aliphatic rings. The van der Waals surface area contributed by atoms with E-state index in [0.29, 0.717) is 18.8 Å². The number of amides is 1. The molecule has 0 aliphatic heterocycles. The number of carbonyl (C=O) groups is 1. The van der Waals surface area contributed by atoms with E-state index in [9.17, 15) is 14.9 Å². The van der Waals surface area contributed by atoms with Gasteiger partial charge < -0.3 is 15.4 Å². The molecule has 0 atom stereocenters. The molecule has 1 aromatic heterocycles. The Labute approximate surface area is 86.2 Å². The van der Waals surface area contributed by atoms with Crippen LogP contribution < -0.4 is 5.32 Å². The number of carbonyl (C=O) groups excluding carboxylic acids is 1. The SMILES string of the molecule is CC(=O)NCCn1nc([N+](=O)[O-])cc1C. The molecule has 1 rings (SSSR count). The standard InChI is InChI=1S/C8H12N4O3/c1-6-5-8(12(14)15)10-11(6)4-3-9-7(2)13/h5H,3-4H2,1-2H3,(H,9,13). The molecule has 0 aliphatic carbocycles. The molecule has 1 aromatic rings. The van der Waals surface area contributed by atoms with E-state index in [-0.39, 0.29) is 11.7 Å². The van der Waals surface area contributed by atoms with Gasteiger partial charge in [0.05, 0.1) is 23.4 Å². The van der Waals surface area contributed by atoms with Crippen molar-refractivity contribution in [2.75, 3.05) is 6.54 Å². The van der Waals surface area contributed by atoms with Crippen molar-refractivity contribution in [2.45, 2.75) is 20.4 Å². The van der Waals surface area contributed by atoms with Gasteiger partial charge in [0.1, 0.15) is 0 Å². The number of rotatable bonds is 4. The number of aromatic nitrogens is 2. The van der Waals surface area contributed by atoms with Gasteiger partial charge in [-0.2, -0.15) is 4.68 Å². The van der Waals surface area contributed by atoms with Crippen molar-refractivity contribution in [1.29, 1.82) is 0 Å². The Balaban J connectivity index is 2.61. The van der Waals surface area contributed by atoms with Gasteiger partial charge in [-0.15, -0.1) is 0 Å². The fourth-order valence-electron chi connectivity index (χ4n) is 1.15. The molecule has 0 spiro atoms. The molecular formula is C8H12N4O3. The molecule has 0 bridgehead atoms. The topological polar surface area (TPSA) is 90.1 Å². The minimum absolute atomic E-state index is 0.130. The van der Waals surface area contributed by atoms with E-state index in [4.69, 9.17) is 0 Å². The molecule has 0 saturated heterocycles. The number of nitrogens with one attached hydrogen (secondary N) is 1. The highest BCUT2D eigenvalue weighted by atomic mass is 16.6. The summed E-state index contributed by atoms with van der Waals surface area (Å²) in [5.41, 5.74) is 0.701. The highest BCUT2D eigenvalue weighted by Crippen LogP contribution is 2.10. The lowest BCUT2D eigenvalue weighted by atomic mass is 10.4. The molecule has 1 heterocycles. The zero-order valence-corrected chi connectivity index (χ0v) is 8.56. The number of nitro groups is 1. The summed E-state index contributed by atoms with van der Waals surface area (Å²) in [6.45, 7) is 3.99. The summed E-state index contributed by atoms with van der Waals surface area (Å²) >= 11 is 0. The van der Waals surface area contributed by atoms with Gasteiger partial charge in [-0.3, -0.25) is 4.79 Å². The molecule has 0 radical (unpaired) electrons. The van der Waals surface area contributed by atoms with E-state index in [1.807, 2.05) is 0 Å².